The molecule has 0 fully saturated rings. The lowest BCUT2D eigenvalue weighted by Gasteiger charge is -2.10. The molecule has 0 bridgehead atoms. The summed E-state index contributed by atoms with van der Waals surface area (Å²) in [6, 6.07) is 15.4. The topological polar surface area (TPSA) is 95.5 Å². The van der Waals surface area contributed by atoms with Crippen LogP contribution < -0.4 is 10.6 Å². The molecule has 6 nitrogen and oxygen atoms in total. The zero-order valence-electron chi connectivity index (χ0n) is 12.0. The van der Waals surface area contributed by atoms with E-state index in [4.69, 9.17) is 5.11 Å². The maximum absolute atomic E-state index is 12.3. The fourth-order valence-electron chi connectivity index (χ4n) is 1.83. The van der Waals surface area contributed by atoms with Crippen molar-refractivity contribution in [1.82, 2.24) is 0 Å². The SMILES string of the molecule is O=C(O)/C=C/C(=O)Nc1ccccc1C(=O)Nc1ccccc1. The van der Waals surface area contributed by atoms with E-state index >= 15 is 0 Å². The molecule has 2 aromatic carbocycles. The van der Waals surface area contributed by atoms with E-state index in [1.54, 1.807) is 48.5 Å². The monoisotopic (exact) mass is 310 g/mol. The van der Waals surface area contributed by atoms with E-state index in [0.717, 1.165) is 12.2 Å². The second-order valence-corrected chi connectivity index (χ2v) is 4.53. The molecule has 0 aliphatic carbocycles. The molecule has 0 unspecified atom stereocenters. The Morgan fingerprint density at radius 3 is 2.17 bits per heavy atom. The summed E-state index contributed by atoms with van der Waals surface area (Å²) in [5.41, 5.74) is 1.19. The zero-order chi connectivity index (χ0) is 16.7. The van der Waals surface area contributed by atoms with Gasteiger partial charge in [-0.05, 0) is 24.3 Å². The summed E-state index contributed by atoms with van der Waals surface area (Å²) in [6.45, 7) is 0. The Balaban J connectivity index is 2.15. The van der Waals surface area contributed by atoms with E-state index in [-0.39, 0.29) is 11.5 Å². The van der Waals surface area contributed by atoms with Crippen LogP contribution in [0.4, 0.5) is 11.4 Å². The van der Waals surface area contributed by atoms with E-state index in [9.17, 15) is 14.4 Å². The Morgan fingerprint density at radius 2 is 1.48 bits per heavy atom. The first-order chi connectivity index (χ1) is 11.1. The normalized spacial score (nSPS) is 10.3. The summed E-state index contributed by atoms with van der Waals surface area (Å²) >= 11 is 0. The van der Waals surface area contributed by atoms with Crippen LogP contribution in [0.15, 0.2) is 66.7 Å². The first-order valence-corrected chi connectivity index (χ1v) is 6.73. The van der Waals surface area contributed by atoms with Gasteiger partial charge >= 0.3 is 5.97 Å². The van der Waals surface area contributed by atoms with Crippen LogP contribution in [-0.4, -0.2) is 22.9 Å². The molecule has 0 aliphatic rings. The minimum absolute atomic E-state index is 0.272. The van der Waals surface area contributed by atoms with Gasteiger partial charge in [0, 0.05) is 17.8 Å². The summed E-state index contributed by atoms with van der Waals surface area (Å²) in [4.78, 5) is 34.4. The smallest absolute Gasteiger partial charge is 0.328 e. The van der Waals surface area contributed by atoms with Crippen LogP contribution in [0.5, 0.6) is 0 Å². The standard InChI is InChI=1S/C17H14N2O4/c20-15(10-11-16(21)22)19-14-9-5-4-8-13(14)17(23)18-12-6-2-1-3-7-12/h1-11H,(H,18,23)(H,19,20)(H,21,22)/b11-10+. The Bertz CT molecular complexity index is 754. The Labute approximate surface area is 132 Å². The molecular weight excluding hydrogens is 296 g/mol. The van der Waals surface area contributed by atoms with Gasteiger partial charge in [0.25, 0.3) is 5.91 Å². The number of carboxylic acid groups (broad SMARTS) is 1. The molecule has 3 N–H and O–H groups in total. The van der Waals surface area contributed by atoms with Crippen LogP contribution >= 0.6 is 0 Å². The molecule has 23 heavy (non-hydrogen) atoms. The van der Waals surface area contributed by atoms with Crippen LogP contribution in [0.2, 0.25) is 0 Å². The number of hydrogen-bond donors (Lipinski definition) is 3. The van der Waals surface area contributed by atoms with Crippen molar-refractivity contribution in [3.8, 4) is 0 Å². The molecule has 0 aromatic heterocycles. The molecule has 0 heterocycles. The van der Waals surface area contributed by atoms with Crippen molar-refractivity contribution in [2.24, 2.45) is 0 Å². The number of nitrogens with one attached hydrogen (secondary N) is 2. The van der Waals surface area contributed by atoms with Gasteiger partial charge in [-0.3, -0.25) is 9.59 Å². The molecule has 6 heteroatoms. The molecule has 0 saturated heterocycles. The van der Waals surface area contributed by atoms with Gasteiger partial charge in [-0.2, -0.15) is 0 Å². The van der Waals surface area contributed by atoms with Crippen molar-refractivity contribution in [2.45, 2.75) is 0 Å². The average molecular weight is 310 g/mol. The fraction of sp³-hybridized carbons (Fsp3) is 0. The molecular formula is C17H14N2O4. The highest BCUT2D eigenvalue weighted by molar-refractivity contribution is 6.11. The lowest BCUT2D eigenvalue weighted by atomic mass is 10.1. The van der Waals surface area contributed by atoms with Crippen molar-refractivity contribution in [1.29, 1.82) is 0 Å². The van der Waals surface area contributed by atoms with Crippen LogP contribution in [0.1, 0.15) is 10.4 Å². The highest BCUT2D eigenvalue weighted by Crippen LogP contribution is 2.17. The van der Waals surface area contributed by atoms with Crippen LogP contribution in [0.3, 0.4) is 0 Å². The first kappa shape index (κ1) is 16.0. The third-order valence-electron chi connectivity index (χ3n) is 2.84. The largest absolute Gasteiger partial charge is 0.478 e. The highest BCUT2D eigenvalue weighted by atomic mass is 16.4. The summed E-state index contributed by atoms with van der Waals surface area (Å²) in [7, 11) is 0. The van der Waals surface area contributed by atoms with Gasteiger partial charge < -0.3 is 15.7 Å². The number of carboxylic acids is 1. The molecule has 0 aliphatic heterocycles. The number of benzene rings is 2. The van der Waals surface area contributed by atoms with Crippen LogP contribution in [0.25, 0.3) is 0 Å². The summed E-state index contributed by atoms with van der Waals surface area (Å²) in [5, 5.41) is 13.7. The van der Waals surface area contributed by atoms with Gasteiger partial charge in [0.15, 0.2) is 0 Å². The molecule has 116 valence electrons. The van der Waals surface area contributed by atoms with Crippen molar-refractivity contribution < 1.29 is 19.5 Å². The van der Waals surface area contributed by atoms with E-state index in [0.29, 0.717) is 11.4 Å². The van der Waals surface area contributed by atoms with Gasteiger partial charge in [0.2, 0.25) is 5.91 Å². The highest BCUT2D eigenvalue weighted by Gasteiger charge is 2.12. The predicted octanol–water partition coefficient (Wildman–Crippen LogP) is 2.52. The third kappa shape index (κ3) is 4.82. The number of anilines is 2. The van der Waals surface area contributed by atoms with E-state index < -0.39 is 11.9 Å². The van der Waals surface area contributed by atoms with E-state index in [1.165, 1.54) is 0 Å². The lowest BCUT2D eigenvalue weighted by molar-refractivity contribution is -0.131. The first-order valence-electron chi connectivity index (χ1n) is 6.73. The van der Waals surface area contributed by atoms with Crippen molar-refractivity contribution in [3.05, 3.63) is 72.3 Å². The minimum atomic E-state index is -1.23. The maximum Gasteiger partial charge on any atom is 0.328 e. The molecule has 2 aromatic rings. The van der Waals surface area contributed by atoms with Gasteiger partial charge in [0.05, 0.1) is 11.3 Å². The second kappa shape index (κ2) is 7.56. The average Bonchev–Trinajstić information content (AvgIpc) is 2.54. The third-order valence-corrected chi connectivity index (χ3v) is 2.84. The number of rotatable bonds is 5. The Morgan fingerprint density at radius 1 is 0.826 bits per heavy atom. The summed E-state index contributed by atoms with van der Waals surface area (Å²) < 4.78 is 0. The van der Waals surface area contributed by atoms with Gasteiger partial charge in [0.1, 0.15) is 0 Å². The van der Waals surface area contributed by atoms with Crippen molar-refractivity contribution in [3.63, 3.8) is 0 Å². The van der Waals surface area contributed by atoms with Crippen molar-refractivity contribution in [2.75, 3.05) is 10.6 Å². The lowest BCUT2D eigenvalue weighted by Crippen LogP contribution is -2.17. The van der Waals surface area contributed by atoms with E-state index in [1.807, 2.05) is 6.07 Å². The molecule has 0 radical (unpaired) electrons. The maximum atomic E-state index is 12.3. The van der Waals surface area contributed by atoms with Gasteiger partial charge in [-0.15, -0.1) is 0 Å². The number of para-hydroxylation sites is 2. The molecule has 2 amide bonds. The Hall–Kier alpha value is -3.41. The fourth-order valence-corrected chi connectivity index (χ4v) is 1.83. The molecule has 0 spiro atoms. The zero-order valence-corrected chi connectivity index (χ0v) is 12.0. The van der Waals surface area contributed by atoms with Crippen LogP contribution in [-0.2, 0) is 9.59 Å². The Kier molecular flexibility index (Phi) is 5.25. The number of hydrogen-bond acceptors (Lipinski definition) is 3. The minimum Gasteiger partial charge on any atom is -0.478 e. The van der Waals surface area contributed by atoms with Gasteiger partial charge in [-0.25, -0.2) is 4.79 Å². The van der Waals surface area contributed by atoms with E-state index in [2.05, 4.69) is 10.6 Å². The molecule has 2 rings (SSSR count). The van der Waals surface area contributed by atoms with Crippen molar-refractivity contribution >= 4 is 29.2 Å². The number of carbonyl (C=O) groups excluding carboxylic acids is 2. The summed E-state index contributed by atoms with van der Waals surface area (Å²) in [6.07, 6.45) is 1.61. The van der Waals surface area contributed by atoms with Crippen LogP contribution in [0, 0.1) is 0 Å². The number of carbonyl (C=O) groups is 3. The van der Waals surface area contributed by atoms with Gasteiger partial charge in [-0.1, -0.05) is 30.3 Å². The predicted molar refractivity (Wildman–Crippen MR) is 86.2 cm³/mol. The number of aliphatic carboxylic acids is 1. The quantitative estimate of drug-likeness (QED) is 0.739. The second-order valence-electron chi connectivity index (χ2n) is 4.53. The molecule has 0 atom stereocenters. The number of amides is 2. The summed E-state index contributed by atoms with van der Waals surface area (Å²) in [5.74, 6) is -2.24. The molecule has 0 saturated carbocycles.